The van der Waals surface area contributed by atoms with E-state index in [0.717, 1.165) is 11.0 Å². The topological polar surface area (TPSA) is 86.5 Å². The Labute approximate surface area is 134 Å². The number of ether oxygens (including phenoxy) is 2. The molecule has 8 nitrogen and oxygen atoms in total. The van der Waals surface area contributed by atoms with Crippen LogP contribution in [-0.4, -0.2) is 58.1 Å². The third kappa shape index (κ3) is 4.75. The molecule has 1 aromatic heterocycles. The van der Waals surface area contributed by atoms with E-state index in [1.165, 1.54) is 0 Å². The second-order valence-corrected chi connectivity index (χ2v) is 4.82. The summed E-state index contributed by atoms with van der Waals surface area (Å²) in [5.74, 6) is -0.803. The molecule has 0 radical (unpaired) electrons. The van der Waals surface area contributed by atoms with Crippen LogP contribution in [0, 0.1) is 0 Å². The second-order valence-electron chi connectivity index (χ2n) is 4.82. The van der Waals surface area contributed by atoms with Gasteiger partial charge < -0.3 is 9.47 Å². The van der Waals surface area contributed by atoms with E-state index in [1.54, 1.807) is 23.4 Å². The van der Waals surface area contributed by atoms with Crippen LogP contribution in [0.15, 0.2) is 24.3 Å². The zero-order chi connectivity index (χ0) is 16.7. The Kier molecular flexibility index (Phi) is 6.04. The smallest absolute Gasteiger partial charge is 0.320 e. The minimum absolute atomic E-state index is 0.0269. The summed E-state index contributed by atoms with van der Waals surface area (Å²) in [6, 6.07) is 7.47. The molecule has 8 heteroatoms. The van der Waals surface area contributed by atoms with Crippen molar-refractivity contribution in [3.05, 3.63) is 24.3 Å². The first-order chi connectivity index (χ1) is 11.1. The van der Waals surface area contributed by atoms with Gasteiger partial charge in [-0.05, 0) is 26.0 Å². The lowest BCUT2D eigenvalue weighted by Crippen LogP contribution is -2.37. The van der Waals surface area contributed by atoms with Gasteiger partial charge in [-0.3, -0.25) is 14.5 Å². The molecule has 0 aliphatic carbocycles. The van der Waals surface area contributed by atoms with Gasteiger partial charge in [-0.1, -0.05) is 17.3 Å². The number of para-hydroxylation sites is 1. The maximum absolute atomic E-state index is 11.7. The van der Waals surface area contributed by atoms with Crippen LogP contribution in [0.3, 0.4) is 0 Å². The van der Waals surface area contributed by atoms with E-state index in [0.29, 0.717) is 13.2 Å². The lowest BCUT2D eigenvalue weighted by molar-refractivity contribution is -0.148. The lowest BCUT2D eigenvalue weighted by Gasteiger charge is -2.20. The molecule has 2 rings (SSSR count). The molecule has 0 saturated heterocycles. The molecule has 0 bridgehead atoms. The van der Waals surface area contributed by atoms with Crippen LogP contribution in [0.4, 0.5) is 0 Å². The number of fused-ring (bicyclic) bond motifs is 1. The fourth-order valence-electron chi connectivity index (χ4n) is 2.15. The van der Waals surface area contributed by atoms with Crippen molar-refractivity contribution < 1.29 is 19.1 Å². The van der Waals surface area contributed by atoms with Gasteiger partial charge in [0, 0.05) is 0 Å². The summed E-state index contributed by atoms with van der Waals surface area (Å²) < 4.78 is 11.5. The summed E-state index contributed by atoms with van der Waals surface area (Å²) in [7, 11) is 0. The van der Waals surface area contributed by atoms with Gasteiger partial charge in [0.2, 0.25) is 0 Å². The van der Waals surface area contributed by atoms with Crippen LogP contribution in [0.25, 0.3) is 11.0 Å². The first-order valence-electron chi connectivity index (χ1n) is 7.45. The van der Waals surface area contributed by atoms with Gasteiger partial charge in [0.05, 0.1) is 38.5 Å². The second kappa shape index (κ2) is 8.23. The summed E-state index contributed by atoms with van der Waals surface area (Å²) in [5, 5.41) is 8.12. The Hall–Kier alpha value is -2.48. The molecule has 0 N–H and O–H groups in total. The van der Waals surface area contributed by atoms with E-state index in [2.05, 4.69) is 10.3 Å². The van der Waals surface area contributed by atoms with Crippen molar-refractivity contribution in [2.24, 2.45) is 0 Å². The standard InChI is InChI=1S/C15H20N4O4/c1-3-22-14(20)9-18(10-15(21)23-4-2)11-19-13-8-6-5-7-12(13)16-17-19/h5-8H,3-4,9-11H2,1-2H3. The minimum Gasteiger partial charge on any atom is -0.465 e. The minimum atomic E-state index is -0.402. The molecule has 0 saturated carbocycles. The predicted molar refractivity (Wildman–Crippen MR) is 82.4 cm³/mol. The molecular weight excluding hydrogens is 300 g/mol. The van der Waals surface area contributed by atoms with Crippen molar-refractivity contribution in [1.29, 1.82) is 0 Å². The van der Waals surface area contributed by atoms with Gasteiger partial charge in [-0.25, -0.2) is 4.68 Å². The zero-order valence-corrected chi connectivity index (χ0v) is 13.3. The normalized spacial score (nSPS) is 10.9. The molecule has 2 aromatic rings. The molecule has 124 valence electrons. The molecule has 23 heavy (non-hydrogen) atoms. The largest absolute Gasteiger partial charge is 0.465 e. The van der Waals surface area contributed by atoms with Crippen LogP contribution in [-0.2, 0) is 25.7 Å². The van der Waals surface area contributed by atoms with E-state index in [4.69, 9.17) is 9.47 Å². The molecule has 1 aromatic carbocycles. The summed E-state index contributed by atoms with van der Waals surface area (Å²) in [5.41, 5.74) is 1.57. The molecule has 0 unspecified atom stereocenters. The number of esters is 2. The molecule has 0 atom stereocenters. The van der Waals surface area contributed by atoms with Crippen LogP contribution in [0.5, 0.6) is 0 Å². The third-order valence-electron chi connectivity index (χ3n) is 3.07. The van der Waals surface area contributed by atoms with E-state index in [-0.39, 0.29) is 19.8 Å². The fraction of sp³-hybridized carbons (Fsp3) is 0.467. The van der Waals surface area contributed by atoms with Gasteiger partial charge in [0.15, 0.2) is 0 Å². The first kappa shape index (κ1) is 16.9. The molecule has 0 spiro atoms. The van der Waals surface area contributed by atoms with Crippen LogP contribution in [0.2, 0.25) is 0 Å². The monoisotopic (exact) mass is 320 g/mol. The molecule has 0 amide bonds. The van der Waals surface area contributed by atoms with Crippen LogP contribution >= 0.6 is 0 Å². The van der Waals surface area contributed by atoms with Gasteiger partial charge in [-0.15, -0.1) is 5.10 Å². The number of carbonyl (C=O) groups is 2. The van der Waals surface area contributed by atoms with E-state index >= 15 is 0 Å². The summed E-state index contributed by atoms with van der Waals surface area (Å²) in [4.78, 5) is 25.1. The van der Waals surface area contributed by atoms with E-state index < -0.39 is 11.9 Å². The quantitative estimate of drug-likeness (QED) is 0.665. The van der Waals surface area contributed by atoms with Gasteiger partial charge in [-0.2, -0.15) is 0 Å². The van der Waals surface area contributed by atoms with Crippen molar-refractivity contribution >= 4 is 23.0 Å². The summed E-state index contributed by atoms with van der Waals surface area (Å²) in [6.45, 7) is 4.23. The Morgan fingerprint density at radius 1 is 1.09 bits per heavy atom. The molecule has 1 heterocycles. The first-order valence-corrected chi connectivity index (χ1v) is 7.45. The molecule has 0 fully saturated rings. The average molecular weight is 320 g/mol. The van der Waals surface area contributed by atoms with Crippen molar-refractivity contribution in [3.63, 3.8) is 0 Å². The number of benzene rings is 1. The fourth-order valence-corrected chi connectivity index (χ4v) is 2.15. The maximum atomic E-state index is 11.7. The van der Waals surface area contributed by atoms with E-state index in [1.807, 2.05) is 24.3 Å². The number of rotatable bonds is 8. The Morgan fingerprint density at radius 3 is 2.30 bits per heavy atom. The number of carbonyl (C=O) groups excluding carboxylic acids is 2. The van der Waals surface area contributed by atoms with Crippen LogP contribution in [0.1, 0.15) is 13.8 Å². The highest BCUT2D eigenvalue weighted by Crippen LogP contribution is 2.10. The van der Waals surface area contributed by atoms with Gasteiger partial charge in [0.1, 0.15) is 5.52 Å². The van der Waals surface area contributed by atoms with Crippen molar-refractivity contribution in [1.82, 2.24) is 19.9 Å². The molecule has 0 aliphatic rings. The molecular formula is C15H20N4O4. The number of hydrogen-bond donors (Lipinski definition) is 0. The van der Waals surface area contributed by atoms with Crippen molar-refractivity contribution in [3.8, 4) is 0 Å². The third-order valence-corrected chi connectivity index (χ3v) is 3.07. The molecule has 0 aliphatic heterocycles. The number of hydrogen-bond acceptors (Lipinski definition) is 7. The average Bonchev–Trinajstić information content (AvgIpc) is 2.91. The predicted octanol–water partition coefficient (Wildman–Crippen LogP) is 0.817. The van der Waals surface area contributed by atoms with E-state index in [9.17, 15) is 9.59 Å². The Balaban J connectivity index is 2.12. The highest BCUT2D eigenvalue weighted by molar-refractivity contribution is 5.75. The summed E-state index contributed by atoms with van der Waals surface area (Å²) in [6.07, 6.45) is 0. The maximum Gasteiger partial charge on any atom is 0.320 e. The lowest BCUT2D eigenvalue weighted by atomic mass is 10.3. The summed E-state index contributed by atoms with van der Waals surface area (Å²) >= 11 is 0. The van der Waals surface area contributed by atoms with Crippen molar-refractivity contribution in [2.75, 3.05) is 26.3 Å². The van der Waals surface area contributed by atoms with Gasteiger partial charge >= 0.3 is 11.9 Å². The Bertz CT molecular complexity index is 650. The number of nitrogens with zero attached hydrogens (tertiary/aromatic N) is 4. The Morgan fingerprint density at radius 2 is 1.70 bits per heavy atom. The SMILES string of the molecule is CCOC(=O)CN(CC(=O)OCC)Cn1nnc2ccccc21. The van der Waals surface area contributed by atoms with Crippen LogP contribution < -0.4 is 0 Å². The zero-order valence-electron chi connectivity index (χ0n) is 13.3. The van der Waals surface area contributed by atoms with Crippen molar-refractivity contribution in [2.45, 2.75) is 20.5 Å². The highest BCUT2D eigenvalue weighted by atomic mass is 16.5. The van der Waals surface area contributed by atoms with Gasteiger partial charge in [0.25, 0.3) is 0 Å². The highest BCUT2D eigenvalue weighted by Gasteiger charge is 2.18. The number of aromatic nitrogens is 3.